The Morgan fingerprint density at radius 2 is 1.91 bits per heavy atom. The van der Waals surface area contributed by atoms with Crippen LogP contribution in [0, 0.1) is 0 Å². The average molecular weight is 428 g/mol. The Hall–Kier alpha value is -4.21. The van der Waals surface area contributed by atoms with E-state index in [1.165, 1.54) is 4.52 Å². The van der Waals surface area contributed by atoms with Crippen molar-refractivity contribution < 1.29 is 9.21 Å². The predicted molar refractivity (Wildman–Crippen MR) is 117 cm³/mol. The minimum atomic E-state index is -1.09. The van der Waals surface area contributed by atoms with Crippen molar-refractivity contribution in [2.45, 2.75) is 18.9 Å². The van der Waals surface area contributed by atoms with Crippen LogP contribution in [0.25, 0.3) is 28.3 Å². The topological polar surface area (TPSA) is 120 Å². The summed E-state index contributed by atoms with van der Waals surface area (Å²) in [6, 6.07) is 13.2. The van der Waals surface area contributed by atoms with Crippen molar-refractivity contribution in [3.05, 3.63) is 60.5 Å². The maximum absolute atomic E-state index is 13.7. The standard InChI is InChI=1S/C22H20N8O2/c1-22(14-7-3-2-4-8-14,20(31)28-10-6-11-28)30-19-15(13-24-30)18-25-17(16-9-5-12-32-16)27-29(18)21(23)26-19/h2-5,7-9,12-13H,6,10-11H2,1H3,(H2,23,26). The van der Waals surface area contributed by atoms with Crippen molar-refractivity contribution >= 4 is 28.5 Å². The van der Waals surface area contributed by atoms with Gasteiger partial charge in [0.15, 0.2) is 22.6 Å². The number of likely N-dealkylation sites (tertiary alicyclic amines) is 1. The number of nitrogen functional groups attached to an aromatic ring is 1. The summed E-state index contributed by atoms with van der Waals surface area (Å²) in [6.07, 6.45) is 4.21. The van der Waals surface area contributed by atoms with Gasteiger partial charge in [-0.15, -0.1) is 5.10 Å². The molecule has 10 heteroatoms. The smallest absolute Gasteiger partial charge is 0.254 e. The summed E-state index contributed by atoms with van der Waals surface area (Å²) in [5.74, 6) is 1.03. The average Bonchev–Trinajstić information content (AvgIpc) is 3.51. The van der Waals surface area contributed by atoms with Crippen molar-refractivity contribution in [2.75, 3.05) is 18.8 Å². The third-order valence-electron chi connectivity index (χ3n) is 6.09. The number of benzene rings is 1. The first-order valence-corrected chi connectivity index (χ1v) is 10.4. The van der Waals surface area contributed by atoms with Gasteiger partial charge in [-0.3, -0.25) is 4.79 Å². The van der Waals surface area contributed by atoms with Crippen molar-refractivity contribution in [2.24, 2.45) is 0 Å². The van der Waals surface area contributed by atoms with E-state index in [-0.39, 0.29) is 11.9 Å². The molecule has 0 radical (unpaired) electrons. The molecule has 6 rings (SSSR count). The summed E-state index contributed by atoms with van der Waals surface area (Å²) < 4.78 is 8.53. The first-order valence-electron chi connectivity index (χ1n) is 10.4. The summed E-state index contributed by atoms with van der Waals surface area (Å²) in [5, 5.41) is 9.69. The Morgan fingerprint density at radius 1 is 1.09 bits per heavy atom. The van der Waals surface area contributed by atoms with E-state index >= 15 is 0 Å². The molecular weight excluding hydrogens is 408 g/mol. The van der Waals surface area contributed by atoms with Gasteiger partial charge >= 0.3 is 0 Å². The molecule has 1 unspecified atom stereocenters. The molecule has 10 nitrogen and oxygen atoms in total. The first-order chi connectivity index (χ1) is 15.6. The largest absolute Gasteiger partial charge is 0.461 e. The SMILES string of the molecule is CC(C(=O)N1CCC1)(c1ccccc1)n1ncc2c1nc(N)n1nc(-c3ccco3)nc21. The van der Waals surface area contributed by atoms with Crippen molar-refractivity contribution in [3.63, 3.8) is 0 Å². The summed E-state index contributed by atoms with van der Waals surface area (Å²) in [4.78, 5) is 24.7. The molecule has 2 N–H and O–H groups in total. The number of furan rings is 1. The molecule has 1 aliphatic rings. The molecule has 32 heavy (non-hydrogen) atoms. The zero-order chi connectivity index (χ0) is 21.9. The second-order valence-electron chi connectivity index (χ2n) is 8.00. The quantitative estimate of drug-likeness (QED) is 0.466. The molecule has 0 bridgehead atoms. The molecule has 160 valence electrons. The molecule has 4 aromatic heterocycles. The minimum Gasteiger partial charge on any atom is -0.461 e. The molecule has 1 aliphatic heterocycles. The number of aromatic nitrogens is 6. The molecule has 1 fully saturated rings. The van der Waals surface area contributed by atoms with Crippen molar-refractivity contribution in [1.29, 1.82) is 0 Å². The fraction of sp³-hybridized carbons (Fsp3) is 0.227. The summed E-state index contributed by atoms with van der Waals surface area (Å²) in [7, 11) is 0. The van der Waals surface area contributed by atoms with Gasteiger partial charge in [0.05, 0.1) is 17.8 Å². The van der Waals surface area contributed by atoms with Crippen LogP contribution in [0.3, 0.4) is 0 Å². The molecule has 5 heterocycles. The first kappa shape index (κ1) is 18.6. The van der Waals surface area contributed by atoms with Crippen LogP contribution in [0.4, 0.5) is 5.95 Å². The molecule has 0 saturated carbocycles. The normalized spacial score (nSPS) is 15.7. The minimum absolute atomic E-state index is 0.0297. The third-order valence-corrected chi connectivity index (χ3v) is 6.09. The predicted octanol–water partition coefficient (Wildman–Crippen LogP) is 2.31. The number of nitrogens with zero attached hydrogens (tertiary/aromatic N) is 7. The highest BCUT2D eigenvalue weighted by atomic mass is 16.3. The summed E-state index contributed by atoms with van der Waals surface area (Å²) in [5.41, 5.74) is 6.95. The van der Waals surface area contributed by atoms with Crippen molar-refractivity contribution in [3.8, 4) is 11.6 Å². The van der Waals surface area contributed by atoms with Crippen LogP contribution in [0.2, 0.25) is 0 Å². The zero-order valence-electron chi connectivity index (χ0n) is 17.3. The van der Waals surface area contributed by atoms with Gasteiger partial charge in [-0.2, -0.15) is 14.6 Å². The number of carbonyl (C=O) groups is 1. The zero-order valence-corrected chi connectivity index (χ0v) is 17.3. The molecule has 0 spiro atoms. The Balaban J connectivity index is 1.59. The molecule has 1 aromatic carbocycles. The Bertz CT molecular complexity index is 1450. The lowest BCUT2D eigenvalue weighted by atomic mass is 9.89. The lowest BCUT2D eigenvalue weighted by molar-refractivity contribution is -0.142. The van der Waals surface area contributed by atoms with Gasteiger partial charge < -0.3 is 15.1 Å². The molecule has 0 aliphatic carbocycles. The number of hydrogen-bond donors (Lipinski definition) is 1. The van der Waals surface area contributed by atoms with Gasteiger partial charge in [0.25, 0.3) is 5.91 Å². The van der Waals surface area contributed by atoms with Gasteiger partial charge in [-0.05, 0) is 31.0 Å². The number of rotatable bonds is 4. The highest BCUT2D eigenvalue weighted by Crippen LogP contribution is 2.33. The molecule has 5 aromatic rings. The Kier molecular flexibility index (Phi) is 3.85. The number of fused-ring (bicyclic) bond motifs is 3. The van der Waals surface area contributed by atoms with E-state index in [1.807, 2.05) is 42.2 Å². The summed E-state index contributed by atoms with van der Waals surface area (Å²) in [6.45, 7) is 3.34. The van der Waals surface area contributed by atoms with E-state index in [1.54, 1.807) is 29.3 Å². The van der Waals surface area contributed by atoms with Crippen LogP contribution in [0.5, 0.6) is 0 Å². The van der Waals surface area contributed by atoms with Crippen LogP contribution >= 0.6 is 0 Å². The second kappa shape index (κ2) is 6.64. The van der Waals surface area contributed by atoms with Crippen LogP contribution < -0.4 is 5.73 Å². The van der Waals surface area contributed by atoms with Crippen LogP contribution in [-0.4, -0.2) is 53.3 Å². The van der Waals surface area contributed by atoms with Crippen LogP contribution in [0.15, 0.2) is 59.3 Å². The van der Waals surface area contributed by atoms with Gasteiger partial charge in [0.1, 0.15) is 0 Å². The number of anilines is 1. The molecule has 1 saturated heterocycles. The van der Waals surface area contributed by atoms with E-state index in [0.717, 1.165) is 25.1 Å². The number of nitrogens with two attached hydrogens (primary N) is 1. The van der Waals surface area contributed by atoms with Crippen LogP contribution in [-0.2, 0) is 10.3 Å². The van der Waals surface area contributed by atoms with E-state index in [0.29, 0.717) is 28.3 Å². The van der Waals surface area contributed by atoms with Gasteiger partial charge in [0.2, 0.25) is 11.8 Å². The maximum atomic E-state index is 13.7. The van der Waals surface area contributed by atoms with E-state index < -0.39 is 5.54 Å². The number of hydrogen-bond acceptors (Lipinski definition) is 7. The summed E-state index contributed by atoms with van der Waals surface area (Å²) >= 11 is 0. The Morgan fingerprint density at radius 3 is 2.59 bits per heavy atom. The lowest BCUT2D eigenvalue weighted by Crippen LogP contribution is -2.54. The molecule has 1 atom stereocenters. The second-order valence-corrected chi connectivity index (χ2v) is 8.00. The van der Waals surface area contributed by atoms with E-state index in [9.17, 15) is 4.79 Å². The Labute approximate surface area is 182 Å². The molecular formula is C22H20N8O2. The van der Waals surface area contributed by atoms with Crippen LogP contribution in [0.1, 0.15) is 18.9 Å². The van der Waals surface area contributed by atoms with E-state index in [2.05, 4.69) is 20.2 Å². The third kappa shape index (κ3) is 2.49. The highest BCUT2D eigenvalue weighted by molar-refractivity contribution is 5.94. The fourth-order valence-corrected chi connectivity index (χ4v) is 4.17. The number of amides is 1. The van der Waals surface area contributed by atoms with Crippen molar-refractivity contribution in [1.82, 2.24) is 34.3 Å². The van der Waals surface area contributed by atoms with E-state index in [4.69, 9.17) is 10.2 Å². The lowest BCUT2D eigenvalue weighted by Gasteiger charge is -2.39. The van der Waals surface area contributed by atoms with Gasteiger partial charge in [-0.1, -0.05) is 30.3 Å². The highest BCUT2D eigenvalue weighted by Gasteiger charge is 2.44. The van der Waals surface area contributed by atoms with Gasteiger partial charge in [0, 0.05) is 13.1 Å². The number of carbonyl (C=O) groups excluding carboxylic acids is 1. The van der Waals surface area contributed by atoms with Gasteiger partial charge in [-0.25, -0.2) is 9.67 Å². The monoisotopic (exact) mass is 428 g/mol. The maximum Gasteiger partial charge on any atom is 0.254 e. The molecule has 1 amide bonds. The fourth-order valence-electron chi connectivity index (χ4n) is 4.17.